The number of hydrogen-bond acceptors (Lipinski definition) is 0. The van der Waals surface area contributed by atoms with E-state index >= 15 is 0 Å². The average molecular weight is 369 g/mol. The molecule has 0 rings (SSSR count). The van der Waals surface area contributed by atoms with E-state index in [9.17, 15) is 0 Å². The molecular formula is C22H48Si2. The van der Waals surface area contributed by atoms with Gasteiger partial charge in [0, 0.05) is 0 Å². The second-order valence-corrected chi connectivity index (χ2v) is 20.9. The van der Waals surface area contributed by atoms with Crippen LogP contribution in [0.1, 0.15) is 85.5 Å². The van der Waals surface area contributed by atoms with Crippen LogP contribution in [-0.4, -0.2) is 16.1 Å². The Morgan fingerprint density at radius 2 is 1.21 bits per heavy atom. The number of unbranched alkanes of at least 4 members (excludes halogenated alkanes) is 7. The second-order valence-electron chi connectivity index (χ2n) is 10.3. The van der Waals surface area contributed by atoms with Crippen LogP contribution in [0.25, 0.3) is 0 Å². The van der Waals surface area contributed by atoms with Crippen molar-refractivity contribution in [3.8, 4) is 0 Å². The molecule has 0 aliphatic carbocycles. The highest BCUT2D eigenvalue weighted by Gasteiger charge is 2.33. The van der Waals surface area contributed by atoms with Gasteiger partial charge in [0.05, 0.1) is 16.1 Å². The summed E-state index contributed by atoms with van der Waals surface area (Å²) < 4.78 is 0. The van der Waals surface area contributed by atoms with Crippen LogP contribution in [0.15, 0.2) is 11.8 Å². The van der Waals surface area contributed by atoms with E-state index in [4.69, 9.17) is 0 Å². The first-order valence-corrected chi connectivity index (χ1v) is 17.2. The summed E-state index contributed by atoms with van der Waals surface area (Å²) in [5.41, 5.74) is 2.58. The fraction of sp³-hybridized carbons (Fsp3) is 0.909. The third-order valence-corrected chi connectivity index (χ3v) is 14.8. The van der Waals surface area contributed by atoms with E-state index in [0.29, 0.717) is 5.04 Å². The smallest absolute Gasteiger partial charge is 0.0713 e. The van der Waals surface area contributed by atoms with Crippen molar-refractivity contribution in [3.63, 3.8) is 0 Å². The first kappa shape index (κ1) is 24.2. The molecule has 0 aromatic rings. The molecule has 0 bridgehead atoms. The van der Waals surface area contributed by atoms with Crippen LogP contribution < -0.4 is 0 Å². The summed E-state index contributed by atoms with van der Waals surface area (Å²) >= 11 is 0. The molecule has 0 amide bonds. The average Bonchev–Trinajstić information content (AvgIpc) is 2.43. The van der Waals surface area contributed by atoms with Crippen molar-refractivity contribution in [2.75, 3.05) is 0 Å². The van der Waals surface area contributed by atoms with Crippen molar-refractivity contribution in [2.45, 2.75) is 129 Å². The zero-order valence-corrected chi connectivity index (χ0v) is 20.4. The molecule has 0 aliphatic rings. The minimum Gasteiger partial charge on any atom is -0.0986 e. The Labute approximate surface area is 156 Å². The molecule has 0 atom stereocenters. The summed E-state index contributed by atoms with van der Waals surface area (Å²) in [7, 11) is -2.02. The van der Waals surface area contributed by atoms with Crippen LogP contribution in [0.2, 0.25) is 43.3 Å². The maximum Gasteiger partial charge on any atom is 0.0713 e. The van der Waals surface area contributed by atoms with E-state index in [0.717, 1.165) is 0 Å². The van der Waals surface area contributed by atoms with Gasteiger partial charge >= 0.3 is 0 Å². The Kier molecular flexibility index (Phi) is 11.8. The van der Waals surface area contributed by atoms with Crippen LogP contribution in [-0.2, 0) is 0 Å². The number of allylic oxidation sites excluding steroid dienone is 1. The summed E-state index contributed by atoms with van der Waals surface area (Å²) in [5, 5.41) is 0.565. The number of hydrogen-bond donors (Lipinski definition) is 0. The van der Waals surface area contributed by atoms with Crippen molar-refractivity contribution in [2.24, 2.45) is 0 Å². The molecule has 0 fully saturated rings. The molecule has 0 aliphatic heterocycles. The summed E-state index contributed by atoms with van der Waals surface area (Å²) in [5.74, 6) is 0. The van der Waals surface area contributed by atoms with Crippen molar-refractivity contribution in [1.29, 1.82) is 0 Å². The van der Waals surface area contributed by atoms with Gasteiger partial charge in [0.2, 0.25) is 0 Å². The SMILES string of the molecule is CCC[Si](C)(C)/C=C/CCCCCCCCC[Si](C)(C)C(C)(C)C. The van der Waals surface area contributed by atoms with E-state index in [1.165, 1.54) is 69.9 Å². The van der Waals surface area contributed by atoms with Gasteiger partial charge in [0.15, 0.2) is 0 Å². The van der Waals surface area contributed by atoms with E-state index in [-0.39, 0.29) is 0 Å². The molecule has 0 nitrogen and oxygen atoms in total. The van der Waals surface area contributed by atoms with Crippen LogP contribution in [0.4, 0.5) is 0 Å². The van der Waals surface area contributed by atoms with Gasteiger partial charge in [0.1, 0.15) is 0 Å². The minimum absolute atomic E-state index is 0.565. The maximum absolute atomic E-state index is 2.58. The molecule has 0 saturated carbocycles. The van der Waals surface area contributed by atoms with Crippen LogP contribution in [0.5, 0.6) is 0 Å². The molecule has 0 spiro atoms. The van der Waals surface area contributed by atoms with Gasteiger partial charge in [-0.2, -0.15) is 0 Å². The highest BCUT2D eigenvalue weighted by molar-refractivity contribution is 6.82. The zero-order valence-electron chi connectivity index (χ0n) is 18.4. The first-order chi connectivity index (χ1) is 11.0. The van der Waals surface area contributed by atoms with Gasteiger partial charge in [-0.15, -0.1) is 0 Å². The summed E-state index contributed by atoms with van der Waals surface area (Å²) in [4.78, 5) is 0. The Morgan fingerprint density at radius 1 is 0.708 bits per heavy atom. The molecule has 0 aromatic carbocycles. The fourth-order valence-corrected chi connectivity index (χ4v) is 7.36. The molecule has 0 N–H and O–H groups in total. The maximum atomic E-state index is 2.58. The quantitative estimate of drug-likeness (QED) is 0.225. The van der Waals surface area contributed by atoms with Gasteiger partial charge in [-0.1, -0.05) is 123 Å². The lowest BCUT2D eigenvalue weighted by Crippen LogP contribution is -2.36. The van der Waals surface area contributed by atoms with Gasteiger partial charge in [0.25, 0.3) is 0 Å². The normalized spacial score (nSPS) is 13.8. The second kappa shape index (κ2) is 11.7. The third-order valence-electron chi connectivity index (χ3n) is 6.17. The van der Waals surface area contributed by atoms with Gasteiger partial charge in [-0.3, -0.25) is 0 Å². The van der Waals surface area contributed by atoms with Crippen LogP contribution in [0, 0.1) is 0 Å². The molecule has 0 unspecified atom stereocenters. The van der Waals surface area contributed by atoms with E-state index in [2.05, 4.69) is 65.7 Å². The van der Waals surface area contributed by atoms with E-state index in [1.807, 2.05) is 0 Å². The van der Waals surface area contributed by atoms with Crippen molar-refractivity contribution in [1.82, 2.24) is 0 Å². The molecule has 0 heterocycles. The highest BCUT2D eigenvalue weighted by Crippen LogP contribution is 2.39. The highest BCUT2D eigenvalue weighted by atomic mass is 28.3. The molecular weight excluding hydrogens is 320 g/mol. The predicted molar refractivity (Wildman–Crippen MR) is 121 cm³/mol. The molecule has 0 aromatic heterocycles. The molecule has 24 heavy (non-hydrogen) atoms. The minimum atomic E-state index is -1.02. The fourth-order valence-electron chi connectivity index (χ4n) is 3.22. The molecule has 0 radical (unpaired) electrons. The summed E-state index contributed by atoms with van der Waals surface area (Å²) in [6.45, 7) is 19.8. The Bertz CT molecular complexity index is 334. The molecule has 144 valence electrons. The Hall–Kier alpha value is 0.174. The monoisotopic (exact) mass is 368 g/mol. The predicted octanol–water partition coefficient (Wildman–Crippen LogP) is 8.83. The van der Waals surface area contributed by atoms with Crippen LogP contribution >= 0.6 is 0 Å². The molecule has 2 heteroatoms. The van der Waals surface area contributed by atoms with E-state index < -0.39 is 16.1 Å². The number of rotatable bonds is 13. The van der Waals surface area contributed by atoms with Crippen molar-refractivity contribution in [3.05, 3.63) is 11.8 Å². The molecule has 0 saturated heterocycles. The topological polar surface area (TPSA) is 0 Å². The standard InChI is InChI=1S/C22H48Si2/c1-9-19-23(5,6)20-17-15-13-11-10-12-14-16-18-21-24(7,8)22(2,3)4/h17,20H,9-16,18-19,21H2,1-8H3/b20-17+. The van der Waals surface area contributed by atoms with E-state index in [1.54, 1.807) is 0 Å². The van der Waals surface area contributed by atoms with Crippen molar-refractivity contribution >= 4 is 16.1 Å². The summed E-state index contributed by atoms with van der Waals surface area (Å²) in [6, 6.07) is 2.96. The lowest BCUT2D eigenvalue weighted by atomic mass is 10.1. The van der Waals surface area contributed by atoms with Gasteiger partial charge in [-0.05, 0) is 17.9 Å². The zero-order chi connectivity index (χ0) is 18.7. The third kappa shape index (κ3) is 11.7. The van der Waals surface area contributed by atoms with Crippen LogP contribution in [0.3, 0.4) is 0 Å². The summed E-state index contributed by atoms with van der Waals surface area (Å²) in [6.07, 6.45) is 15.3. The van der Waals surface area contributed by atoms with Crippen molar-refractivity contribution < 1.29 is 0 Å². The lowest BCUT2D eigenvalue weighted by Gasteiger charge is -2.37. The lowest BCUT2D eigenvalue weighted by molar-refractivity contribution is 0.587. The Morgan fingerprint density at radius 3 is 1.71 bits per heavy atom. The Balaban J connectivity index is 3.55. The first-order valence-electron chi connectivity index (χ1n) is 10.7. The van der Waals surface area contributed by atoms with Gasteiger partial charge in [-0.25, -0.2) is 0 Å². The largest absolute Gasteiger partial charge is 0.0986 e. The van der Waals surface area contributed by atoms with Gasteiger partial charge < -0.3 is 0 Å².